The van der Waals surface area contributed by atoms with E-state index in [1.165, 1.54) is 114 Å². The second-order valence-corrected chi connectivity index (χ2v) is 47.8. The van der Waals surface area contributed by atoms with Crippen molar-refractivity contribution in [3.63, 3.8) is 0 Å². The molecule has 0 aromatic heterocycles. The lowest BCUT2D eigenvalue weighted by Crippen LogP contribution is -2.37. The average molecular weight is 1730 g/mol. The molecule has 22 aromatic rings. The van der Waals surface area contributed by atoms with Crippen molar-refractivity contribution in [2.45, 2.75) is 58.5 Å². The first-order chi connectivity index (χ1) is 64.4. The maximum absolute atomic E-state index is 17.3. The van der Waals surface area contributed by atoms with Crippen molar-refractivity contribution in [1.29, 1.82) is 0 Å². The fourth-order valence-electron chi connectivity index (χ4n) is 20.6. The van der Waals surface area contributed by atoms with Crippen molar-refractivity contribution in [3.05, 3.63) is 472 Å². The van der Waals surface area contributed by atoms with E-state index in [-0.39, 0.29) is 11.2 Å². The molecule has 0 unspecified atom stereocenters. The number of hydrogen-bond donors (Lipinski definition) is 0. The third kappa shape index (κ3) is 14.8. The second kappa shape index (κ2) is 33.5. The average Bonchev–Trinajstić information content (AvgIpc) is 1.13. The van der Waals surface area contributed by atoms with Crippen LogP contribution in [0.15, 0.2) is 455 Å². The Bertz CT molecular complexity index is 8140. The normalized spacial score (nSPS) is 12.3. The van der Waals surface area contributed by atoms with Gasteiger partial charge in [0.25, 0.3) is 0 Å². The van der Waals surface area contributed by atoms with E-state index in [0.717, 1.165) is 101 Å². The van der Waals surface area contributed by atoms with Gasteiger partial charge in [-0.3, -0.25) is 0 Å². The van der Waals surface area contributed by atoms with E-state index >= 15 is 4.39 Å². The maximum Gasteiger partial charge on any atom is 0.148 e. The molecule has 0 spiro atoms. The molecule has 0 N–H and O–H groups in total. The van der Waals surface area contributed by atoms with Crippen molar-refractivity contribution < 1.29 is 4.39 Å². The molecule has 0 amide bonds. The number of benzene rings is 22. The lowest BCUT2D eigenvalue weighted by atomic mass is 9.82. The minimum absolute atomic E-state index is 0.132. The van der Waals surface area contributed by atoms with Crippen LogP contribution in [0.5, 0.6) is 0 Å². The summed E-state index contributed by atoms with van der Waals surface area (Å²) >= 11 is 0. The van der Waals surface area contributed by atoms with Gasteiger partial charge >= 0.3 is 0 Å². The van der Waals surface area contributed by atoms with Crippen LogP contribution in [-0.2, 0) is 5.41 Å². The van der Waals surface area contributed by atoms with Crippen molar-refractivity contribution in [1.82, 2.24) is 0 Å². The molecule has 7 heteroatoms. The molecule has 4 nitrogen and oxygen atoms in total. The number of nitrogens with zero attached hydrogens (tertiary/aromatic N) is 4. The largest absolute Gasteiger partial charge is 0.310 e. The molecule has 0 bridgehead atoms. The number of halogens is 1. The van der Waals surface area contributed by atoms with Crippen LogP contribution in [0.2, 0.25) is 39.3 Å². The van der Waals surface area contributed by atoms with Gasteiger partial charge < -0.3 is 19.6 Å². The molecule has 0 radical (unpaired) electrons. The lowest BCUT2D eigenvalue weighted by molar-refractivity contribution is 0.630. The molecule has 0 heterocycles. The molecule has 0 saturated carbocycles. The molecular formula is C125H99FN4Si2. The maximum atomic E-state index is 17.3. The number of fused-ring (bicyclic) bond motifs is 19. The van der Waals surface area contributed by atoms with Crippen molar-refractivity contribution in [3.8, 4) is 44.5 Å². The summed E-state index contributed by atoms with van der Waals surface area (Å²) in [6.07, 6.45) is 0. The predicted octanol–water partition coefficient (Wildman–Crippen LogP) is 35.0. The zero-order chi connectivity index (χ0) is 89.5. The van der Waals surface area contributed by atoms with E-state index in [1.807, 2.05) is 66.7 Å². The van der Waals surface area contributed by atoms with Crippen LogP contribution < -0.4 is 30.0 Å². The molecule has 1 aliphatic carbocycles. The Labute approximate surface area is 774 Å². The minimum Gasteiger partial charge on any atom is -0.310 e. The Kier molecular flexibility index (Phi) is 20.9. The third-order valence-corrected chi connectivity index (χ3v) is 31.3. The molecular weight excluding hydrogens is 1630 g/mol. The van der Waals surface area contributed by atoms with Crippen molar-refractivity contribution in [2.24, 2.45) is 0 Å². The summed E-state index contributed by atoms with van der Waals surface area (Å²) in [5.41, 5.74) is 23.7. The van der Waals surface area contributed by atoms with E-state index < -0.39 is 16.1 Å². The molecule has 634 valence electrons. The number of hydrogen-bond acceptors (Lipinski definition) is 4. The highest BCUT2D eigenvalue weighted by Gasteiger charge is 2.37. The van der Waals surface area contributed by atoms with Gasteiger partial charge in [0.1, 0.15) is 5.82 Å². The fraction of sp³-hybridized carbons (Fsp3) is 0.0720. The minimum atomic E-state index is -1.46. The summed E-state index contributed by atoms with van der Waals surface area (Å²) in [6, 6.07) is 164. The van der Waals surface area contributed by atoms with E-state index in [9.17, 15) is 0 Å². The Balaban J connectivity index is 0.000000154. The Morgan fingerprint density at radius 1 is 0.205 bits per heavy atom. The molecule has 1 aliphatic rings. The first kappa shape index (κ1) is 82.2. The van der Waals surface area contributed by atoms with Gasteiger partial charge in [-0.05, 0) is 270 Å². The monoisotopic (exact) mass is 1730 g/mol. The van der Waals surface area contributed by atoms with Crippen LogP contribution in [0.25, 0.3) is 131 Å². The summed E-state index contributed by atoms with van der Waals surface area (Å²) < 4.78 is 17.3. The van der Waals surface area contributed by atoms with Gasteiger partial charge in [-0.25, -0.2) is 4.39 Å². The second-order valence-electron chi connectivity index (χ2n) is 37.7. The molecule has 132 heavy (non-hydrogen) atoms. The molecule has 0 aliphatic heterocycles. The zero-order valence-electron chi connectivity index (χ0n) is 75.5. The highest BCUT2D eigenvalue weighted by Crippen LogP contribution is 2.54. The van der Waals surface area contributed by atoms with Crippen LogP contribution in [0.4, 0.5) is 72.6 Å². The standard InChI is InChI=1S/C64H52N2Si.C61H47FN2Si/c1-64(2)60-26-16-14-24-55(60)56-39-33-49(42-61(56)64)66(62-27-17-15-22-51(62)43-18-8-6-9-19-43)48-32-38-54-58-36-28-44-40-47(31-37-52(44)63(58)57-25-13-12-23-53(57)59(54)41-48)65(45-20-10-7-11-21-45)46-29-34-50(35-30-46)67(3,4)5;1-65(2,3)51-33-29-48(30-34-51)63(46-22-12-6-13-23-46)49-31-36-52-44(38-49)28-35-56-54-37-32-50(41-58(54)53-26-16-17-27-55(53)60(52)56)64(47-24-14-7-15-25-47)61-57(43-20-10-5-11-21-43)39-45(40-59(61)62)42-18-8-4-9-19-42/h6-42H,1-5H3;4-41H,1-3H3. The SMILES string of the molecule is CC1(C)c2ccccc2-c2ccc(N(c3ccc4c(c3)c3ccccc3c3c5ccc(N(c6ccccc6)c6ccc([Si](C)(C)C)cc6)cc5ccc43)c3ccccc3-c3ccccc3)cc21.C[Si](C)(C)c1ccc(N(c2ccccc2)c2ccc3c(ccc4c5ccc(N(c6ccccc6)c6c(F)cc(-c7ccccc7)cc6-c6ccccc6)cc5c5ccccc5c34)c2)cc1. The van der Waals surface area contributed by atoms with Crippen LogP contribution in [-0.4, -0.2) is 16.1 Å². The highest BCUT2D eigenvalue weighted by molar-refractivity contribution is 6.89. The van der Waals surface area contributed by atoms with Crippen LogP contribution in [0, 0.1) is 5.82 Å². The summed E-state index contributed by atoms with van der Waals surface area (Å²) in [5.74, 6) is -0.294. The van der Waals surface area contributed by atoms with Gasteiger partial charge in [-0.2, -0.15) is 0 Å². The first-order valence-electron chi connectivity index (χ1n) is 46.0. The van der Waals surface area contributed by atoms with E-state index in [4.69, 9.17) is 0 Å². The van der Waals surface area contributed by atoms with Gasteiger partial charge in [0.15, 0.2) is 0 Å². The van der Waals surface area contributed by atoms with Crippen LogP contribution >= 0.6 is 0 Å². The molecule has 0 saturated heterocycles. The molecule has 22 aromatic carbocycles. The van der Waals surface area contributed by atoms with Crippen LogP contribution in [0.3, 0.4) is 0 Å². The Morgan fingerprint density at radius 2 is 0.530 bits per heavy atom. The van der Waals surface area contributed by atoms with Crippen molar-refractivity contribution >= 4 is 181 Å². The summed E-state index contributed by atoms with van der Waals surface area (Å²) in [4.78, 5) is 9.32. The van der Waals surface area contributed by atoms with Gasteiger partial charge in [-0.1, -0.05) is 379 Å². The van der Waals surface area contributed by atoms with Gasteiger partial charge in [0, 0.05) is 73.4 Å². The smallest absolute Gasteiger partial charge is 0.148 e. The number of rotatable bonds is 17. The molecule has 23 rings (SSSR count). The number of para-hydroxylation sites is 4. The van der Waals surface area contributed by atoms with Crippen molar-refractivity contribution in [2.75, 3.05) is 19.6 Å². The molecule has 0 fully saturated rings. The Morgan fingerprint density at radius 3 is 1.01 bits per heavy atom. The summed E-state index contributed by atoms with van der Waals surface area (Å²) in [5, 5.41) is 22.3. The summed E-state index contributed by atoms with van der Waals surface area (Å²) in [7, 11) is -2.91. The van der Waals surface area contributed by atoms with E-state index in [2.05, 4.69) is 455 Å². The highest BCUT2D eigenvalue weighted by atomic mass is 28.3. The third-order valence-electron chi connectivity index (χ3n) is 27.2. The Hall–Kier alpha value is -15.5. The number of anilines is 12. The zero-order valence-corrected chi connectivity index (χ0v) is 77.5. The predicted molar refractivity (Wildman–Crippen MR) is 571 cm³/mol. The van der Waals surface area contributed by atoms with Gasteiger partial charge in [-0.15, -0.1) is 0 Å². The van der Waals surface area contributed by atoms with E-state index in [1.54, 1.807) is 6.07 Å². The quantitative estimate of drug-likeness (QED) is 0.0665. The van der Waals surface area contributed by atoms with Gasteiger partial charge in [0.05, 0.1) is 27.5 Å². The van der Waals surface area contributed by atoms with Crippen LogP contribution in [0.1, 0.15) is 25.0 Å². The summed E-state index contributed by atoms with van der Waals surface area (Å²) in [6.45, 7) is 19.1. The van der Waals surface area contributed by atoms with Gasteiger partial charge in [0.2, 0.25) is 0 Å². The lowest BCUT2D eigenvalue weighted by Gasteiger charge is -2.30. The molecule has 0 atom stereocenters. The fourth-order valence-corrected chi connectivity index (χ4v) is 22.9. The van der Waals surface area contributed by atoms with E-state index in [0.29, 0.717) is 5.69 Å². The topological polar surface area (TPSA) is 13.0 Å². The first-order valence-corrected chi connectivity index (χ1v) is 53.0.